The fourth-order valence-electron chi connectivity index (χ4n) is 2.71. The Bertz CT molecular complexity index is 287. The summed E-state index contributed by atoms with van der Waals surface area (Å²) in [6.07, 6.45) is 9.72. The smallest absolute Gasteiger partial charge is 0.315 e. The number of ether oxygens (including phenoxy) is 1. The summed E-state index contributed by atoms with van der Waals surface area (Å²) in [5, 5.41) is 9.25. The van der Waals surface area contributed by atoms with Crippen molar-refractivity contribution in [2.45, 2.75) is 77.4 Å². The molecule has 0 saturated carbocycles. The van der Waals surface area contributed by atoms with Gasteiger partial charge in [-0.3, -0.25) is 0 Å². The zero-order valence-corrected chi connectivity index (χ0v) is 14.5. The molecule has 1 aliphatic heterocycles. The third-order valence-electron chi connectivity index (χ3n) is 4.12. The zero-order chi connectivity index (χ0) is 16.0. The molecule has 0 aromatic carbocycles. The van der Waals surface area contributed by atoms with Crippen molar-refractivity contribution < 1.29 is 9.53 Å². The first-order valence-corrected chi connectivity index (χ1v) is 9.14. The Morgan fingerprint density at radius 1 is 1.05 bits per heavy atom. The molecule has 0 aromatic heterocycles. The molecule has 1 heterocycles. The van der Waals surface area contributed by atoms with Gasteiger partial charge in [-0.15, -0.1) is 0 Å². The van der Waals surface area contributed by atoms with E-state index in [1.54, 1.807) is 0 Å². The van der Waals surface area contributed by atoms with Crippen LogP contribution in [-0.4, -0.2) is 44.4 Å². The van der Waals surface area contributed by atoms with Crippen molar-refractivity contribution >= 4 is 6.03 Å². The number of carbonyl (C=O) groups excluding carboxylic acids is 1. The van der Waals surface area contributed by atoms with Crippen molar-refractivity contribution in [1.29, 1.82) is 0 Å². The molecule has 5 heteroatoms. The van der Waals surface area contributed by atoms with Gasteiger partial charge in [-0.2, -0.15) is 0 Å². The maximum atomic E-state index is 11.9. The summed E-state index contributed by atoms with van der Waals surface area (Å²) in [6, 6.07) is 0.0168. The van der Waals surface area contributed by atoms with Crippen LogP contribution >= 0.6 is 0 Å². The van der Waals surface area contributed by atoms with Crippen LogP contribution in [-0.2, 0) is 4.74 Å². The first-order chi connectivity index (χ1) is 10.8. The number of rotatable bonds is 12. The summed E-state index contributed by atoms with van der Waals surface area (Å²) >= 11 is 0. The molecule has 0 unspecified atom stereocenters. The Kier molecular flexibility index (Phi) is 11.1. The van der Waals surface area contributed by atoms with Gasteiger partial charge in [0.25, 0.3) is 0 Å². The number of carbonyl (C=O) groups is 1. The van der Waals surface area contributed by atoms with Crippen molar-refractivity contribution in [3.8, 4) is 0 Å². The third kappa shape index (κ3) is 8.59. The molecule has 3 N–H and O–H groups in total. The van der Waals surface area contributed by atoms with E-state index >= 15 is 0 Å². The van der Waals surface area contributed by atoms with E-state index in [2.05, 4.69) is 29.8 Å². The lowest BCUT2D eigenvalue weighted by Crippen LogP contribution is -2.48. The summed E-state index contributed by atoms with van der Waals surface area (Å²) in [5.41, 5.74) is 0. The van der Waals surface area contributed by atoms with Crippen LogP contribution in [0.2, 0.25) is 0 Å². The van der Waals surface area contributed by atoms with Gasteiger partial charge in [0.05, 0.1) is 12.1 Å². The lowest BCUT2D eigenvalue weighted by atomic mass is 10.1. The van der Waals surface area contributed by atoms with Gasteiger partial charge in [-0.05, 0) is 12.8 Å². The Hall–Kier alpha value is -0.810. The van der Waals surface area contributed by atoms with Crippen LogP contribution in [0.5, 0.6) is 0 Å². The summed E-state index contributed by atoms with van der Waals surface area (Å²) in [7, 11) is 0. The van der Waals surface area contributed by atoms with E-state index in [-0.39, 0.29) is 18.2 Å². The van der Waals surface area contributed by atoms with Crippen LogP contribution in [0.15, 0.2) is 0 Å². The fraction of sp³-hybridized carbons (Fsp3) is 0.941. The molecule has 0 radical (unpaired) electrons. The van der Waals surface area contributed by atoms with Crippen molar-refractivity contribution in [2.24, 2.45) is 0 Å². The standard InChI is InChI=1S/C17H35N3O2/c1-3-5-7-8-10-12-22-16-14-18-13-15(16)20-17(21)19-11-9-6-4-2/h15-16,18H,3-14H2,1-2H3,(H2,19,20,21)/t15-,16-/m0/s1. The quantitative estimate of drug-likeness (QED) is 0.486. The lowest BCUT2D eigenvalue weighted by Gasteiger charge is -2.20. The second-order valence-corrected chi connectivity index (χ2v) is 6.20. The number of amides is 2. The summed E-state index contributed by atoms with van der Waals surface area (Å²) in [4.78, 5) is 11.9. The number of hydrogen-bond acceptors (Lipinski definition) is 3. The molecule has 0 spiro atoms. The summed E-state index contributed by atoms with van der Waals surface area (Å²) in [5.74, 6) is 0. The largest absolute Gasteiger partial charge is 0.375 e. The van der Waals surface area contributed by atoms with Crippen molar-refractivity contribution in [3.63, 3.8) is 0 Å². The van der Waals surface area contributed by atoms with E-state index in [1.807, 2.05) is 0 Å². The SMILES string of the molecule is CCCCCCCO[C@H]1CNC[C@@H]1NC(=O)NCCCCC. The van der Waals surface area contributed by atoms with Gasteiger partial charge in [0.1, 0.15) is 0 Å². The van der Waals surface area contributed by atoms with Crippen LogP contribution in [0.3, 0.4) is 0 Å². The Morgan fingerprint density at radius 2 is 1.77 bits per heavy atom. The van der Waals surface area contributed by atoms with Crippen LogP contribution in [0.1, 0.15) is 65.2 Å². The molecule has 2 atom stereocenters. The van der Waals surface area contributed by atoms with Gasteiger partial charge >= 0.3 is 6.03 Å². The molecule has 5 nitrogen and oxygen atoms in total. The second-order valence-electron chi connectivity index (χ2n) is 6.20. The molecule has 2 amide bonds. The van der Waals surface area contributed by atoms with Crippen LogP contribution in [0.25, 0.3) is 0 Å². The summed E-state index contributed by atoms with van der Waals surface area (Å²) in [6.45, 7) is 7.56. The molecule has 0 aliphatic carbocycles. The number of unbranched alkanes of at least 4 members (excludes halogenated alkanes) is 6. The molecular formula is C17H35N3O2. The minimum atomic E-state index is -0.0682. The van der Waals surface area contributed by atoms with E-state index in [0.717, 1.165) is 45.5 Å². The van der Waals surface area contributed by atoms with Crippen LogP contribution < -0.4 is 16.0 Å². The summed E-state index contributed by atoms with van der Waals surface area (Å²) < 4.78 is 5.93. The van der Waals surface area contributed by atoms with E-state index in [9.17, 15) is 4.79 Å². The van der Waals surface area contributed by atoms with Gasteiger partial charge in [-0.1, -0.05) is 52.4 Å². The Labute approximate surface area is 135 Å². The van der Waals surface area contributed by atoms with Crippen molar-refractivity contribution in [3.05, 3.63) is 0 Å². The number of nitrogens with one attached hydrogen (secondary N) is 3. The zero-order valence-electron chi connectivity index (χ0n) is 14.5. The first kappa shape index (κ1) is 19.2. The van der Waals surface area contributed by atoms with E-state index in [0.29, 0.717) is 0 Å². The minimum absolute atomic E-state index is 0.0682. The highest BCUT2D eigenvalue weighted by Crippen LogP contribution is 2.08. The van der Waals surface area contributed by atoms with Crippen LogP contribution in [0.4, 0.5) is 4.79 Å². The third-order valence-corrected chi connectivity index (χ3v) is 4.12. The number of urea groups is 1. The molecule has 22 heavy (non-hydrogen) atoms. The maximum Gasteiger partial charge on any atom is 0.315 e. The highest BCUT2D eigenvalue weighted by atomic mass is 16.5. The number of hydrogen-bond donors (Lipinski definition) is 3. The molecule has 1 aliphatic rings. The molecule has 1 saturated heterocycles. The van der Waals surface area contributed by atoms with Gasteiger partial charge in [0, 0.05) is 26.2 Å². The fourth-order valence-corrected chi connectivity index (χ4v) is 2.71. The van der Waals surface area contributed by atoms with Gasteiger partial charge < -0.3 is 20.7 Å². The molecule has 130 valence electrons. The Morgan fingerprint density at radius 3 is 2.55 bits per heavy atom. The predicted molar refractivity (Wildman–Crippen MR) is 91.2 cm³/mol. The maximum absolute atomic E-state index is 11.9. The van der Waals surface area contributed by atoms with Gasteiger partial charge in [0.15, 0.2) is 0 Å². The topological polar surface area (TPSA) is 62.4 Å². The van der Waals surface area contributed by atoms with Crippen molar-refractivity contribution in [1.82, 2.24) is 16.0 Å². The highest BCUT2D eigenvalue weighted by molar-refractivity contribution is 5.74. The average Bonchev–Trinajstić information content (AvgIpc) is 2.94. The van der Waals surface area contributed by atoms with Crippen molar-refractivity contribution in [2.75, 3.05) is 26.2 Å². The lowest BCUT2D eigenvalue weighted by molar-refractivity contribution is 0.0487. The highest BCUT2D eigenvalue weighted by Gasteiger charge is 2.28. The second kappa shape index (κ2) is 12.7. The molecular weight excluding hydrogens is 278 g/mol. The average molecular weight is 313 g/mol. The predicted octanol–water partition coefficient (Wildman–Crippen LogP) is 2.80. The first-order valence-electron chi connectivity index (χ1n) is 9.14. The van der Waals surface area contributed by atoms with Crippen LogP contribution in [0, 0.1) is 0 Å². The van der Waals surface area contributed by atoms with Gasteiger partial charge in [0.2, 0.25) is 0 Å². The molecule has 0 bridgehead atoms. The van der Waals surface area contributed by atoms with E-state index in [1.165, 1.54) is 32.1 Å². The van der Waals surface area contributed by atoms with E-state index in [4.69, 9.17) is 4.74 Å². The molecule has 0 aromatic rings. The Balaban J connectivity index is 2.10. The minimum Gasteiger partial charge on any atom is -0.375 e. The monoisotopic (exact) mass is 313 g/mol. The normalized spacial score (nSPS) is 21.0. The molecule has 1 rings (SSSR count). The van der Waals surface area contributed by atoms with E-state index < -0.39 is 0 Å². The van der Waals surface area contributed by atoms with Gasteiger partial charge in [-0.25, -0.2) is 4.79 Å². The molecule has 1 fully saturated rings.